The van der Waals surface area contributed by atoms with E-state index in [1.165, 1.54) is 12.0 Å². The van der Waals surface area contributed by atoms with Gasteiger partial charge in [-0.2, -0.15) is 0 Å². The Kier molecular flexibility index (Phi) is 4.50. The highest BCUT2D eigenvalue weighted by molar-refractivity contribution is 5.79. The third-order valence-corrected chi connectivity index (χ3v) is 5.23. The summed E-state index contributed by atoms with van der Waals surface area (Å²) in [6.45, 7) is 5.78. The standard InChI is InChI=1S/C18H27N3O/c1-15-13-20(2)11-12-21(15)14-17(22)19-18(9-6-10-18)16-7-4-3-5-8-16/h3-5,7-8,15H,6,9-14H2,1-2H3,(H,19,22)/t15-/m0/s1. The lowest BCUT2D eigenvalue weighted by Crippen LogP contribution is -2.57. The molecule has 1 amide bonds. The summed E-state index contributed by atoms with van der Waals surface area (Å²) in [5.41, 5.74) is 1.13. The summed E-state index contributed by atoms with van der Waals surface area (Å²) in [6, 6.07) is 10.9. The van der Waals surface area contributed by atoms with Gasteiger partial charge in [0.15, 0.2) is 0 Å². The van der Waals surface area contributed by atoms with Crippen molar-refractivity contribution in [3.8, 4) is 0 Å². The van der Waals surface area contributed by atoms with Crippen LogP contribution in [0.5, 0.6) is 0 Å². The van der Waals surface area contributed by atoms with Gasteiger partial charge >= 0.3 is 0 Å². The van der Waals surface area contributed by atoms with Crippen molar-refractivity contribution in [1.82, 2.24) is 15.1 Å². The second kappa shape index (κ2) is 6.39. The van der Waals surface area contributed by atoms with E-state index in [1.807, 2.05) is 6.07 Å². The average Bonchev–Trinajstić information content (AvgIpc) is 2.47. The monoisotopic (exact) mass is 301 g/mol. The van der Waals surface area contributed by atoms with Crippen LogP contribution < -0.4 is 5.32 Å². The molecule has 1 N–H and O–H groups in total. The molecular weight excluding hydrogens is 274 g/mol. The minimum Gasteiger partial charge on any atom is -0.345 e. The van der Waals surface area contributed by atoms with Crippen molar-refractivity contribution in [2.24, 2.45) is 0 Å². The van der Waals surface area contributed by atoms with Gasteiger partial charge in [-0.25, -0.2) is 0 Å². The first-order chi connectivity index (χ1) is 10.6. The molecule has 1 aromatic carbocycles. The smallest absolute Gasteiger partial charge is 0.234 e. The summed E-state index contributed by atoms with van der Waals surface area (Å²) < 4.78 is 0. The van der Waals surface area contributed by atoms with Crippen LogP contribution in [-0.2, 0) is 10.3 Å². The molecule has 0 aromatic heterocycles. The Morgan fingerprint density at radius 2 is 2.00 bits per heavy atom. The number of rotatable bonds is 4. The lowest BCUT2D eigenvalue weighted by Gasteiger charge is -2.44. The Morgan fingerprint density at radius 3 is 2.59 bits per heavy atom. The number of likely N-dealkylation sites (N-methyl/N-ethyl adjacent to an activating group) is 1. The van der Waals surface area contributed by atoms with E-state index < -0.39 is 0 Å². The first kappa shape index (κ1) is 15.5. The van der Waals surface area contributed by atoms with Crippen LogP contribution in [-0.4, -0.2) is 55.0 Å². The lowest BCUT2D eigenvalue weighted by atomic mass is 9.72. The third kappa shape index (κ3) is 3.18. The van der Waals surface area contributed by atoms with E-state index in [4.69, 9.17) is 0 Å². The van der Waals surface area contributed by atoms with Crippen molar-refractivity contribution in [3.63, 3.8) is 0 Å². The number of hydrogen-bond acceptors (Lipinski definition) is 3. The number of piperazine rings is 1. The summed E-state index contributed by atoms with van der Waals surface area (Å²) in [6.07, 6.45) is 3.31. The SMILES string of the molecule is C[C@H]1CN(C)CCN1CC(=O)NC1(c2ccccc2)CCC1. The molecule has 1 heterocycles. The summed E-state index contributed by atoms with van der Waals surface area (Å²) in [7, 11) is 2.15. The topological polar surface area (TPSA) is 35.6 Å². The first-order valence-electron chi connectivity index (χ1n) is 8.38. The highest BCUT2D eigenvalue weighted by Gasteiger charge is 2.40. The third-order valence-electron chi connectivity index (χ3n) is 5.23. The zero-order valence-electron chi connectivity index (χ0n) is 13.7. The zero-order valence-corrected chi connectivity index (χ0v) is 13.7. The van der Waals surface area contributed by atoms with E-state index in [0.29, 0.717) is 12.6 Å². The molecule has 0 radical (unpaired) electrons. The summed E-state index contributed by atoms with van der Waals surface area (Å²) in [5, 5.41) is 3.33. The molecule has 1 atom stereocenters. The average molecular weight is 301 g/mol. The molecule has 4 nitrogen and oxygen atoms in total. The maximum atomic E-state index is 12.6. The van der Waals surface area contributed by atoms with Gasteiger partial charge in [0, 0.05) is 25.7 Å². The van der Waals surface area contributed by atoms with Gasteiger partial charge in [-0.1, -0.05) is 30.3 Å². The molecule has 0 bridgehead atoms. The van der Waals surface area contributed by atoms with Crippen LogP contribution in [0.4, 0.5) is 0 Å². The van der Waals surface area contributed by atoms with E-state index in [1.54, 1.807) is 0 Å². The molecule has 1 aliphatic carbocycles. The van der Waals surface area contributed by atoms with Gasteiger partial charge in [0.2, 0.25) is 5.91 Å². The van der Waals surface area contributed by atoms with Crippen LogP contribution in [0.2, 0.25) is 0 Å². The van der Waals surface area contributed by atoms with Gasteiger partial charge in [0.1, 0.15) is 0 Å². The Balaban J connectivity index is 1.61. The molecule has 1 saturated heterocycles. The quantitative estimate of drug-likeness (QED) is 0.921. The molecule has 1 aromatic rings. The van der Waals surface area contributed by atoms with Crippen LogP contribution in [0.15, 0.2) is 30.3 Å². The van der Waals surface area contributed by atoms with Crippen LogP contribution in [0.3, 0.4) is 0 Å². The number of amides is 1. The fourth-order valence-electron chi connectivity index (χ4n) is 3.68. The van der Waals surface area contributed by atoms with Crippen LogP contribution in [0.25, 0.3) is 0 Å². The fraction of sp³-hybridized carbons (Fsp3) is 0.611. The Morgan fingerprint density at radius 1 is 1.27 bits per heavy atom. The second-order valence-corrected chi connectivity index (χ2v) is 6.93. The molecule has 120 valence electrons. The van der Waals surface area contributed by atoms with Crippen molar-refractivity contribution >= 4 is 5.91 Å². The van der Waals surface area contributed by atoms with Gasteiger partial charge in [-0.15, -0.1) is 0 Å². The van der Waals surface area contributed by atoms with E-state index in [9.17, 15) is 4.79 Å². The van der Waals surface area contributed by atoms with Gasteiger partial charge in [-0.3, -0.25) is 9.69 Å². The molecular formula is C18H27N3O. The number of hydrogen-bond donors (Lipinski definition) is 1. The molecule has 2 aliphatic rings. The summed E-state index contributed by atoms with van der Waals surface area (Å²) >= 11 is 0. The molecule has 0 spiro atoms. The Bertz CT molecular complexity index is 512. The number of carbonyl (C=O) groups is 1. The zero-order chi connectivity index (χ0) is 15.6. The highest BCUT2D eigenvalue weighted by Crippen LogP contribution is 2.41. The molecule has 1 aliphatic heterocycles. The molecule has 1 saturated carbocycles. The predicted octanol–water partition coefficient (Wildman–Crippen LogP) is 1.82. The molecule has 3 rings (SSSR count). The minimum atomic E-state index is -0.117. The van der Waals surface area contributed by atoms with Crippen molar-refractivity contribution < 1.29 is 4.79 Å². The summed E-state index contributed by atoms with van der Waals surface area (Å²) in [4.78, 5) is 17.2. The van der Waals surface area contributed by atoms with Gasteiger partial charge < -0.3 is 10.2 Å². The van der Waals surface area contributed by atoms with Crippen LogP contribution in [0, 0.1) is 0 Å². The molecule has 0 unspecified atom stereocenters. The number of benzene rings is 1. The maximum absolute atomic E-state index is 12.6. The van der Waals surface area contributed by atoms with Crippen molar-refractivity contribution in [2.75, 3.05) is 33.2 Å². The van der Waals surface area contributed by atoms with Gasteiger partial charge in [0.25, 0.3) is 0 Å². The van der Waals surface area contributed by atoms with Crippen molar-refractivity contribution in [2.45, 2.75) is 37.8 Å². The van der Waals surface area contributed by atoms with E-state index >= 15 is 0 Å². The van der Waals surface area contributed by atoms with Crippen molar-refractivity contribution in [3.05, 3.63) is 35.9 Å². The summed E-state index contributed by atoms with van der Waals surface area (Å²) in [5.74, 6) is 0.167. The molecule has 2 fully saturated rings. The highest BCUT2D eigenvalue weighted by atomic mass is 16.2. The maximum Gasteiger partial charge on any atom is 0.234 e. The Labute approximate surface area is 133 Å². The number of carbonyl (C=O) groups excluding carboxylic acids is 1. The predicted molar refractivity (Wildman–Crippen MR) is 88.6 cm³/mol. The number of nitrogens with zero attached hydrogens (tertiary/aromatic N) is 2. The van der Waals surface area contributed by atoms with E-state index in [-0.39, 0.29) is 11.4 Å². The van der Waals surface area contributed by atoms with Gasteiger partial charge in [0.05, 0.1) is 12.1 Å². The van der Waals surface area contributed by atoms with Crippen molar-refractivity contribution in [1.29, 1.82) is 0 Å². The first-order valence-corrected chi connectivity index (χ1v) is 8.38. The van der Waals surface area contributed by atoms with E-state index in [2.05, 4.69) is 53.4 Å². The largest absolute Gasteiger partial charge is 0.345 e. The Hall–Kier alpha value is -1.39. The normalized spacial score (nSPS) is 25.5. The number of nitrogens with one attached hydrogen (secondary N) is 1. The van der Waals surface area contributed by atoms with Crippen LogP contribution in [0.1, 0.15) is 31.7 Å². The van der Waals surface area contributed by atoms with Crippen LogP contribution >= 0.6 is 0 Å². The van der Waals surface area contributed by atoms with E-state index in [0.717, 1.165) is 32.5 Å². The second-order valence-electron chi connectivity index (χ2n) is 6.93. The minimum absolute atomic E-state index is 0.117. The molecule has 22 heavy (non-hydrogen) atoms. The van der Waals surface area contributed by atoms with Gasteiger partial charge in [-0.05, 0) is 38.8 Å². The lowest BCUT2D eigenvalue weighted by molar-refractivity contribution is -0.126. The molecule has 4 heteroatoms. The fourth-order valence-corrected chi connectivity index (χ4v) is 3.68.